The molecule has 0 N–H and O–H groups in total. The van der Waals surface area contributed by atoms with Crippen LogP contribution in [0.1, 0.15) is 33.6 Å². The molecule has 14 heavy (non-hydrogen) atoms. The number of rotatable bonds is 3. The highest BCUT2D eigenvalue weighted by Gasteiger charge is 2.47. The first-order valence-electron chi connectivity index (χ1n) is 4.81. The van der Waals surface area contributed by atoms with E-state index in [0.717, 1.165) is 5.57 Å². The van der Waals surface area contributed by atoms with Gasteiger partial charge in [0.05, 0.1) is 6.61 Å². The Labute approximate surface area is 84.1 Å². The molecule has 0 bridgehead atoms. The Hall–Kier alpha value is -1.12. The Morgan fingerprint density at radius 2 is 2.14 bits per heavy atom. The number of Topliss-reactive ketones (excluding diaryl/α,β-unsaturated/α-hetero) is 1. The van der Waals surface area contributed by atoms with E-state index in [1.165, 1.54) is 6.92 Å². The van der Waals surface area contributed by atoms with Crippen molar-refractivity contribution < 1.29 is 14.3 Å². The molecule has 1 unspecified atom stereocenters. The maximum absolute atomic E-state index is 11.5. The van der Waals surface area contributed by atoms with Crippen molar-refractivity contribution in [1.82, 2.24) is 0 Å². The molecule has 0 aliphatic carbocycles. The molecule has 0 aromatic heterocycles. The van der Waals surface area contributed by atoms with Gasteiger partial charge in [0.2, 0.25) is 0 Å². The van der Waals surface area contributed by atoms with Crippen LogP contribution in [0.5, 0.6) is 0 Å². The molecule has 0 saturated carbocycles. The van der Waals surface area contributed by atoms with E-state index < -0.39 is 5.41 Å². The standard InChI is InChI=1S/C11H16O3/c1-8(2)4-5-11(9(3)12)6-7-14-10(11)13/h4H,5-7H2,1-3H3. The number of carbonyl (C=O) groups is 2. The lowest BCUT2D eigenvalue weighted by atomic mass is 9.79. The van der Waals surface area contributed by atoms with Crippen molar-refractivity contribution in [3.8, 4) is 0 Å². The van der Waals surface area contributed by atoms with E-state index in [1.54, 1.807) is 0 Å². The molecule has 0 aromatic carbocycles. The van der Waals surface area contributed by atoms with Gasteiger partial charge in [-0.1, -0.05) is 11.6 Å². The zero-order valence-corrected chi connectivity index (χ0v) is 8.92. The predicted molar refractivity (Wildman–Crippen MR) is 52.7 cm³/mol. The van der Waals surface area contributed by atoms with Gasteiger partial charge >= 0.3 is 5.97 Å². The molecule has 1 fully saturated rings. The van der Waals surface area contributed by atoms with Gasteiger partial charge in [0.15, 0.2) is 0 Å². The third-order valence-corrected chi connectivity index (χ3v) is 2.69. The molecule has 1 saturated heterocycles. The van der Waals surface area contributed by atoms with Crippen LogP contribution in [0.4, 0.5) is 0 Å². The number of ether oxygens (including phenoxy) is 1. The van der Waals surface area contributed by atoms with Gasteiger partial charge in [0, 0.05) is 6.42 Å². The number of cyclic esters (lactones) is 1. The third kappa shape index (κ3) is 1.86. The first kappa shape index (κ1) is 11.0. The van der Waals surface area contributed by atoms with E-state index in [0.29, 0.717) is 19.4 Å². The number of carbonyl (C=O) groups excluding carboxylic acids is 2. The molecule has 1 atom stereocenters. The number of hydrogen-bond donors (Lipinski definition) is 0. The Kier molecular flexibility index (Phi) is 3.09. The Bertz CT molecular complexity index is 287. The number of hydrogen-bond acceptors (Lipinski definition) is 3. The van der Waals surface area contributed by atoms with E-state index in [-0.39, 0.29) is 11.8 Å². The molecule has 0 spiro atoms. The minimum Gasteiger partial charge on any atom is -0.465 e. The van der Waals surface area contributed by atoms with E-state index in [2.05, 4.69) is 0 Å². The van der Waals surface area contributed by atoms with Crippen LogP contribution in [-0.2, 0) is 14.3 Å². The summed E-state index contributed by atoms with van der Waals surface area (Å²) in [6.07, 6.45) is 2.92. The summed E-state index contributed by atoms with van der Waals surface area (Å²) in [5, 5.41) is 0. The highest BCUT2D eigenvalue weighted by molar-refractivity contribution is 6.03. The molecule has 1 aliphatic heterocycles. The van der Waals surface area contributed by atoms with Gasteiger partial charge in [-0.3, -0.25) is 9.59 Å². The second-order valence-corrected chi connectivity index (χ2v) is 4.01. The summed E-state index contributed by atoms with van der Waals surface area (Å²) in [6.45, 7) is 5.74. The number of esters is 1. The van der Waals surface area contributed by atoms with E-state index in [4.69, 9.17) is 4.74 Å². The quantitative estimate of drug-likeness (QED) is 0.393. The van der Waals surface area contributed by atoms with Crippen LogP contribution >= 0.6 is 0 Å². The molecule has 3 nitrogen and oxygen atoms in total. The molecule has 1 heterocycles. The normalized spacial score (nSPS) is 25.8. The van der Waals surface area contributed by atoms with Gasteiger partial charge in [0.25, 0.3) is 0 Å². The third-order valence-electron chi connectivity index (χ3n) is 2.69. The molecule has 3 heteroatoms. The predicted octanol–water partition coefficient (Wildman–Crippen LogP) is 1.86. The summed E-state index contributed by atoms with van der Waals surface area (Å²) in [7, 11) is 0. The zero-order chi connectivity index (χ0) is 10.8. The van der Waals surface area contributed by atoms with Crippen molar-refractivity contribution in [2.75, 3.05) is 6.61 Å². The van der Waals surface area contributed by atoms with E-state index in [1.807, 2.05) is 19.9 Å². The first-order valence-corrected chi connectivity index (χ1v) is 4.81. The monoisotopic (exact) mass is 196 g/mol. The van der Waals surface area contributed by atoms with Gasteiger partial charge in [-0.05, 0) is 27.2 Å². The number of allylic oxidation sites excluding steroid dienone is 2. The molecule has 0 amide bonds. The zero-order valence-electron chi connectivity index (χ0n) is 8.92. The maximum atomic E-state index is 11.5. The van der Waals surface area contributed by atoms with Crippen molar-refractivity contribution in [2.24, 2.45) is 5.41 Å². The summed E-state index contributed by atoms with van der Waals surface area (Å²) in [5.74, 6) is -0.444. The Morgan fingerprint density at radius 1 is 1.50 bits per heavy atom. The minimum atomic E-state index is -0.892. The van der Waals surface area contributed by atoms with Crippen molar-refractivity contribution in [3.63, 3.8) is 0 Å². The first-order chi connectivity index (χ1) is 6.49. The average Bonchev–Trinajstić information content (AvgIpc) is 2.44. The number of ketones is 1. The largest absolute Gasteiger partial charge is 0.465 e. The fourth-order valence-electron chi connectivity index (χ4n) is 1.59. The van der Waals surface area contributed by atoms with Gasteiger partial charge in [-0.2, -0.15) is 0 Å². The van der Waals surface area contributed by atoms with Gasteiger partial charge in [-0.15, -0.1) is 0 Å². The van der Waals surface area contributed by atoms with Crippen molar-refractivity contribution in [2.45, 2.75) is 33.6 Å². The molecular weight excluding hydrogens is 180 g/mol. The molecule has 78 valence electrons. The second-order valence-electron chi connectivity index (χ2n) is 4.01. The molecule has 0 radical (unpaired) electrons. The van der Waals surface area contributed by atoms with Crippen LogP contribution in [-0.4, -0.2) is 18.4 Å². The highest BCUT2D eigenvalue weighted by Crippen LogP contribution is 2.35. The van der Waals surface area contributed by atoms with Crippen molar-refractivity contribution >= 4 is 11.8 Å². The Balaban J connectivity index is 2.88. The summed E-state index contributed by atoms with van der Waals surface area (Å²) in [5.41, 5.74) is 0.224. The topological polar surface area (TPSA) is 43.4 Å². The lowest BCUT2D eigenvalue weighted by Gasteiger charge is -2.19. The SMILES string of the molecule is CC(=O)C1(CC=C(C)C)CCOC1=O. The van der Waals surface area contributed by atoms with Crippen LogP contribution in [0.15, 0.2) is 11.6 Å². The molecule has 1 rings (SSSR count). The van der Waals surface area contributed by atoms with Crippen molar-refractivity contribution in [1.29, 1.82) is 0 Å². The highest BCUT2D eigenvalue weighted by atomic mass is 16.5. The van der Waals surface area contributed by atoms with Gasteiger partial charge in [-0.25, -0.2) is 0 Å². The minimum absolute atomic E-state index is 0.0856. The van der Waals surface area contributed by atoms with Crippen LogP contribution in [0.2, 0.25) is 0 Å². The van der Waals surface area contributed by atoms with E-state index in [9.17, 15) is 9.59 Å². The fourth-order valence-corrected chi connectivity index (χ4v) is 1.59. The summed E-state index contributed by atoms with van der Waals surface area (Å²) < 4.78 is 4.87. The summed E-state index contributed by atoms with van der Waals surface area (Å²) >= 11 is 0. The van der Waals surface area contributed by atoms with Crippen LogP contribution in [0, 0.1) is 5.41 Å². The van der Waals surface area contributed by atoms with Crippen LogP contribution in [0.25, 0.3) is 0 Å². The smallest absolute Gasteiger partial charge is 0.320 e. The molecule has 1 aliphatic rings. The fraction of sp³-hybridized carbons (Fsp3) is 0.636. The van der Waals surface area contributed by atoms with Crippen LogP contribution < -0.4 is 0 Å². The van der Waals surface area contributed by atoms with Crippen molar-refractivity contribution in [3.05, 3.63) is 11.6 Å². The Morgan fingerprint density at radius 3 is 2.50 bits per heavy atom. The van der Waals surface area contributed by atoms with Crippen LogP contribution in [0.3, 0.4) is 0 Å². The molecule has 0 aromatic rings. The summed E-state index contributed by atoms with van der Waals surface area (Å²) in [6, 6.07) is 0. The maximum Gasteiger partial charge on any atom is 0.320 e. The molecular formula is C11H16O3. The van der Waals surface area contributed by atoms with Gasteiger partial charge < -0.3 is 4.74 Å². The lowest BCUT2D eigenvalue weighted by molar-refractivity contribution is -0.150. The average molecular weight is 196 g/mol. The summed E-state index contributed by atoms with van der Waals surface area (Å²) in [4.78, 5) is 22.9. The lowest BCUT2D eigenvalue weighted by Crippen LogP contribution is -2.33. The second kappa shape index (κ2) is 3.95. The van der Waals surface area contributed by atoms with Gasteiger partial charge in [0.1, 0.15) is 11.2 Å². The van der Waals surface area contributed by atoms with E-state index >= 15 is 0 Å².